The molecule has 56 valence electrons. The van der Waals surface area contributed by atoms with Gasteiger partial charge in [-0.05, 0) is 5.92 Å². The molecule has 0 bridgehead atoms. The lowest BCUT2D eigenvalue weighted by molar-refractivity contribution is -0.123. The Labute approximate surface area is 64.9 Å². The maximum Gasteiger partial charge on any atom is 0.220 e. The summed E-state index contributed by atoms with van der Waals surface area (Å²) in [5.74, 6) is 1.21. The van der Waals surface area contributed by atoms with Gasteiger partial charge in [0, 0.05) is 12.3 Å². The van der Waals surface area contributed by atoms with Crippen molar-refractivity contribution < 1.29 is 4.79 Å². The maximum absolute atomic E-state index is 10.9. The number of carbonyl (C=O) groups excluding carboxylic acids is 1. The SMILES string of the molecule is C[C@H]1CC(=O)N[C@@H]2[C@@H](Cl)[C@@H]21. The number of rotatable bonds is 0. The second-order valence-corrected chi connectivity index (χ2v) is 3.80. The molecule has 1 N–H and O–H groups in total. The molecule has 0 spiro atoms. The van der Waals surface area contributed by atoms with Crippen molar-refractivity contribution in [1.29, 1.82) is 0 Å². The number of hydrogen-bond acceptors (Lipinski definition) is 1. The molecule has 1 aliphatic heterocycles. The Bertz CT molecular complexity index is 172. The van der Waals surface area contributed by atoms with E-state index in [0.29, 0.717) is 18.3 Å². The first kappa shape index (κ1) is 6.47. The van der Waals surface area contributed by atoms with Crippen LogP contribution in [0.1, 0.15) is 13.3 Å². The second kappa shape index (κ2) is 1.88. The summed E-state index contributed by atoms with van der Waals surface area (Å²) >= 11 is 5.90. The van der Waals surface area contributed by atoms with Crippen molar-refractivity contribution in [2.24, 2.45) is 11.8 Å². The smallest absolute Gasteiger partial charge is 0.220 e. The number of fused-ring (bicyclic) bond motifs is 1. The van der Waals surface area contributed by atoms with Gasteiger partial charge in [-0.1, -0.05) is 6.92 Å². The van der Waals surface area contributed by atoms with Gasteiger partial charge in [-0.15, -0.1) is 11.6 Å². The Morgan fingerprint density at radius 3 is 3.00 bits per heavy atom. The number of nitrogens with one attached hydrogen (secondary N) is 1. The van der Waals surface area contributed by atoms with Crippen LogP contribution in [-0.4, -0.2) is 17.3 Å². The average molecular weight is 160 g/mol. The highest BCUT2D eigenvalue weighted by atomic mass is 35.5. The summed E-state index contributed by atoms with van der Waals surface area (Å²) < 4.78 is 0. The molecule has 10 heavy (non-hydrogen) atoms. The van der Waals surface area contributed by atoms with Crippen LogP contribution in [0.5, 0.6) is 0 Å². The topological polar surface area (TPSA) is 29.1 Å². The van der Waals surface area contributed by atoms with Gasteiger partial charge in [-0.3, -0.25) is 4.79 Å². The lowest BCUT2D eigenvalue weighted by atomic mass is 9.99. The van der Waals surface area contributed by atoms with Gasteiger partial charge in [-0.25, -0.2) is 0 Å². The number of halogens is 1. The molecule has 2 fully saturated rings. The van der Waals surface area contributed by atoms with E-state index in [1.165, 1.54) is 0 Å². The average Bonchev–Trinajstić information content (AvgIpc) is 2.42. The Hall–Kier alpha value is -0.240. The first-order valence-corrected chi connectivity index (χ1v) is 4.07. The number of carbonyl (C=O) groups is 1. The zero-order valence-corrected chi connectivity index (χ0v) is 6.56. The molecule has 0 unspecified atom stereocenters. The lowest BCUT2D eigenvalue weighted by Crippen LogP contribution is -2.34. The number of hydrogen-bond donors (Lipinski definition) is 1. The minimum absolute atomic E-state index is 0.164. The fourth-order valence-electron chi connectivity index (χ4n) is 1.81. The molecule has 1 saturated heterocycles. The van der Waals surface area contributed by atoms with Crippen molar-refractivity contribution in [1.82, 2.24) is 5.32 Å². The highest BCUT2D eigenvalue weighted by Crippen LogP contribution is 2.46. The van der Waals surface area contributed by atoms with Crippen LogP contribution < -0.4 is 5.32 Å². The Morgan fingerprint density at radius 1 is 1.70 bits per heavy atom. The van der Waals surface area contributed by atoms with Crippen molar-refractivity contribution in [3.8, 4) is 0 Å². The number of piperidine rings is 1. The summed E-state index contributed by atoms with van der Waals surface area (Å²) in [7, 11) is 0. The molecule has 2 rings (SSSR count). The lowest BCUT2D eigenvalue weighted by Gasteiger charge is -2.15. The molecular formula is C7H10ClNO. The molecule has 0 aromatic carbocycles. The molecular weight excluding hydrogens is 150 g/mol. The minimum Gasteiger partial charge on any atom is -0.352 e. The highest BCUT2D eigenvalue weighted by Gasteiger charge is 2.55. The van der Waals surface area contributed by atoms with Crippen molar-refractivity contribution >= 4 is 17.5 Å². The molecule has 0 aromatic heterocycles. The number of amides is 1. The Balaban J connectivity index is 2.09. The standard InChI is InChI=1S/C7H10ClNO/c1-3-2-4(10)9-7-5(3)6(7)8/h3,5-7H,2H2,1H3,(H,9,10)/t3-,5-,6-,7-/m0/s1. The van der Waals surface area contributed by atoms with E-state index in [1.54, 1.807) is 0 Å². The summed E-state index contributed by atoms with van der Waals surface area (Å²) in [5.41, 5.74) is 0. The third kappa shape index (κ3) is 0.749. The zero-order chi connectivity index (χ0) is 7.30. The van der Waals surface area contributed by atoms with E-state index in [-0.39, 0.29) is 17.3 Å². The predicted molar refractivity (Wildman–Crippen MR) is 38.8 cm³/mol. The van der Waals surface area contributed by atoms with Crippen molar-refractivity contribution in [3.63, 3.8) is 0 Å². The quantitative estimate of drug-likeness (QED) is 0.520. The van der Waals surface area contributed by atoms with E-state index in [2.05, 4.69) is 12.2 Å². The summed E-state index contributed by atoms with van der Waals surface area (Å²) in [6, 6.07) is 0.290. The van der Waals surface area contributed by atoms with Crippen LogP contribution >= 0.6 is 11.6 Å². The van der Waals surface area contributed by atoms with Gasteiger partial charge in [0.15, 0.2) is 0 Å². The third-order valence-corrected chi connectivity index (χ3v) is 3.04. The van der Waals surface area contributed by atoms with Gasteiger partial charge in [0.1, 0.15) is 0 Å². The van der Waals surface area contributed by atoms with Gasteiger partial charge in [-0.2, -0.15) is 0 Å². The normalized spacial score (nSPS) is 51.6. The van der Waals surface area contributed by atoms with Crippen LogP contribution in [0.2, 0.25) is 0 Å². The zero-order valence-electron chi connectivity index (χ0n) is 5.80. The molecule has 3 heteroatoms. The Morgan fingerprint density at radius 2 is 2.40 bits per heavy atom. The largest absolute Gasteiger partial charge is 0.352 e. The first-order valence-electron chi connectivity index (χ1n) is 3.63. The van der Waals surface area contributed by atoms with E-state index in [0.717, 1.165) is 0 Å². The van der Waals surface area contributed by atoms with Crippen molar-refractivity contribution in [3.05, 3.63) is 0 Å². The Kier molecular flexibility index (Phi) is 1.21. The van der Waals surface area contributed by atoms with E-state index >= 15 is 0 Å². The molecule has 1 amide bonds. The van der Waals surface area contributed by atoms with Crippen LogP contribution in [0.4, 0.5) is 0 Å². The van der Waals surface area contributed by atoms with Gasteiger partial charge < -0.3 is 5.32 Å². The predicted octanol–water partition coefficient (Wildman–Crippen LogP) is 0.748. The molecule has 2 aliphatic rings. The molecule has 0 radical (unpaired) electrons. The van der Waals surface area contributed by atoms with Crippen LogP contribution in [0.25, 0.3) is 0 Å². The number of alkyl halides is 1. The van der Waals surface area contributed by atoms with E-state index in [1.807, 2.05) is 0 Å². The van der Waals surface area contributed by atoms with Gasteiger partial charge in [0.25, 0.3) is 0 Å². The summed E-state index contributed by atoms with van der Waals surface area (Å²) in [6.45, 7) is 2.10. The van der Waals surface area contributed by atoms with Crippen LogP contribution in [0, 0.1) is 11.8 Å². The molecule has 1 saturated carbocycles. The molecule has 0 aromatic rings. The van der Waals surface area contributed by atoms with Crippen molar-refractivity contribution in [2.45, 2.75) is 24.8 Å². The minimum atomic E-state index is 0.164. The maximum atomic E-state index is 10.9. The fourth-order valence-corrected chi connectivity index (χ4v) is 2.36. The van der Waals surface area contributed by atoms with Crippen LogP contribution in [0.15, 0.2) is 0 Å². The van der Waals surface area contributed by atoms with Gasteiger partial charge in [0.2, 0.25) is 5.91 Å². The third-order valence-electron chi connectivity index (χ3n) is 2.48. The van der Waals surface area contributed by atoms with Gasteiger partial charge >= 0.3 is 0 Å². The molecule has 2 nitrogen and oxygen atoms in total. The summed E-state index contributed by atoms with van der Waals surface area (Å²) in [4.78, 5) is 10.9. The summed E-state index contributed by atoms with van der Waals surface area (Å²) in [6.07, 6.45) is 0.657. The van der Waals surface area contributed by atoms with Crippen molar-refractivity contribution in [2.75, 3.05) is 0 Å². The van der Waals surface area contributed by atoms with Crippen LogP contribution in [-0.2, 0) is 4.79 Å². The molecule has 1 aliphatic carbocycles. The van der Waals surface area contributed by atoms with E-state index in [4.69, 9.17) is 11.6 Å². The fraction of sp³-hybridized carbons (Fsp3) is 0.857. The van der Waals surface area contributed by atoms with Gasteiger partial charge in [0.05, 0.1) is 11.4 Å². The summed E-state index contributed by atoms with van der Waals surface area (Å²) in [5, 5.41) is 3.07. The first-order chi connectivity index (χ1) is 4.70. The van der Waals surface area contributed by atoms with Crippen LogP contribution in [0.3, 0.4) is 0 Å². The monoisotopic (exact) mass is 159 g/mol. The van der Waals surface area contributed by atoms with E-state index in [9.17, 15) is 4.79 Å². The second-order valence-electron chi connectivity index (χ2n) is 3.30. The molecule has 4 atom stereocenters. The molecule has 1 heterocycles. The van der Waals surface area contributed by atoms with E-state index < -0.39 is 0 Å². The highest BCUT2D eigenvalue weighted by molar-refractivity contribution is 6.24.